The standard InChI is InChI=1S/C29H30F3N3O3/c1-27(2,35-26(36)37-16-18-7-5-4-6-8-18)21-13-23(19-9-11-20(12-10-19)29(30,31)32)34-24(14-21)38-25-22-15-33-17-28(22,25)3/h4-14,22,25,33H,15-17H2,1-3H3,(H,35,36)/t22-,25-,28-/m0/s1. The maximum atomic E-state index is 13.1. The maximum Gasteiger partial charge on any atom is 0.416 e. The van der Waals surface area contributed by atoms with Crippen LogP contribution in [-0.4, -0.2) is 30.3 Å². The Hall–Kier alpha value is -3.59. The summed E-state index contributed by atoms with van der Waals surface area (Å²) in [6, 6.07) is 17.7. The highest BCUT2D eigenvalue weighted by atomic mass is 19.4. The van der Waals surface area contributed by atoms with Crippen LogP contribution in [0.15, 0.2) is 66.7 Å². The minimum Gasteiger partial charge on any atom is -0.473 e. The van der Waals surface area contributed by atoms with Crippen LogP contribution in [-0.2, 0) is 23.1 Å². The summed E-state index contributed by atoms with van der Waals surface area (Å²) in [6.45, 7) is 7.66. The van der Waals surface area contributed by atoms with E-state index in [9.17, 15) is 18.0 Å². The van der Waals surface area contributed by atoms with Gasteiger partial charge in [0.25, 0.3) is 0 Å². The molecule has 6 nitrogen and oxygen atoms in total. The highest BCUT2D eigenvalue weighted by Crippen LogP contribution is 2.56. The number of amides is 1. The average Bonchev–Trinajstić information content (AvgIpc) is 3.20. The first-order valence-electron chi connectivity index (χ1n) is 12.5. The van der Waals surface area contributed by atoms with E-state index in [-0.39, 0.29) is 18.1 Å². The van der Waals surface area contributed by atoms with Gasteiger partial charge in [-0.1, -0.05) is 49.4 Å². The number of alkyl halides is 3. The third-order valence-electron chi connectivity index (χ3n) is 7.53. The Morgan fingerprint density at radius 2 is 1.79 bits per heavy atom. The van der Waals surface area contributed by atoms with Crippen molar-refractivity contribution in [2.75, 3.05) is 13.1 Å². The van der Waals surface area contributed by atoms with E-state index >= 15 is 0 Å². The lowest BCUT2D eigenvalue weighted by atomic mass is 9.93. The van der Waals surface area contributed by atoms with Gasteiger partial charge < -0.3 is 20.1 Å². The lowest BCUT2D eigenvalue weighted by Gasteiger charge is -2.27. The zero-order valence-electron chi connectivity index (χ0n) is 21.4. The number of alkyl carbamates (subject to hydrolysis) is 1. The summed E-state index contributed by atoms with van der Waals surface area (Å²) in [5.41, 5.74) is 0.916. The maximum absolute atomic E-state index is 13.1. The fourth-order valence-corrected chi connectivity index (χ4v) is 5.02. The fourth-order valence-electron chi connectivity index (χ4n) is 5.02. The molecule has 1 saturated carbocycles. The van der Waals surface area contributed by atoms with Gasteiger partial charge in [-0.2, -0.15) is 13.2 Å². The van der Waals surface area contributed by atoms with Crippen molar-refractivity contribution in [3.05, 3.63) is 83.4 Å². The molecule has 0 unspecified atom stereocenters. The third kappa shape index (κ3) is 5.34. The van der Waals surface area contributed by atoms with Crippen molar-refractivity contribution in [2.24, 2.45) is 11.3 Å². The topological polar surface area (TPSA) is 72.5 Å². The van der Waals surface area contributed by atoms with E-state index in [0.717, 1.165) is 30.8 Å². The number of carbonyl (C=O) groups excluding carboxylic acids is 1. The normalized spacial score (nSPS) is 22.5. The molecule has 0 radical (unpaired) electrons. The number of hydrogen-bond donors (Lipinski definition) is 2. The van der Waals surface area contributed by atoms with E-state index in [1.165, 1.54) is 12.1 Å². The molecule has 1 aliphatic heterocycles. The lowest BCUT2D eigenvalue weighted by Crippen LogP contribution is -2.41. The predicted molar refractivity (Wildman–Crippen MR) is 136 cm³/mol. The van der Waals surface area contributed by atoms with Gasteiger partial charge in [-0.05, 0) is 43.2 Å². The number of rotatable bonds is 7. The summed E-state index contributed by atoms with van der Waals surface area (Å²) in [6.07, 6.45) is -5.02. The Morgan fingerprint density at radius 1 is 1.08 bits per heavy atom. The minimum absolute atomic E-state index is 0.00105. The molecule has 1 amide bonds. The van der Waals surface area contributed by atoms with Gasteiger partial charge in [0.05, 0.1) is 16.8 Å². The summed E-state index contributed by atoms with van der Waals surface area (Å²) >= 11 is 0. The van der Waals surface area contributed by atoms with Crippen molar-refractivity contribution in [3.63, 3.8) is 0 Å². The number of nitrogens with zero attached hydrogens (tertiary/aromatic N) is 1. The fraction of sp³-hybridized carbons (Fsp3) is 0.379. The first-order chi connectivity index (χ1) is 18.0. The van der Waals surface area contributed by atoms with Crippen molar-refractivity contribution in [1.82, 2.24) is 15.6 Å². The zero-order valence-corrected chi connectivity index (χ0v) is 21.4. The number of fused-ring (bicyclic) bond motifs is 1. The van der Waals surface area contributed by atoms with E-state index in [2.05, 4.69) is 22.5 Å². The summed E-state index contributed by atoms with van der Waals surface area (Å²) in [4.78, 5) is 17.3. The van der Waals surface area contributed by atoms with Crippen LogP contribution in [0.5, 0.6) is 5.88 Å². The molecule has 200 valence electrons. The van der Waals surface area contributed by atoms with Crippen LogP contribution >= 0.6 is 0 Å². The SMILES string of the molecule is CC(C)(NC(=O)OCc1ccccc1)c1cc(O[C@H]2[C@@H]3CNC[C@@]32C)nc(-c2ccc(C(F)(F)F)cc2)c1. The van der Waals surface area contributed by atoms with Crippen molar-refractivity contribution in [1.29, 1.82) is 0 Å². The van der Waals surface area contributed by atoms with Gasteiger partial charge in [0.2, 0.25) is 5.88 Å². The highest BCUT2D eigenvalue weighted by Gasteiger charge is 2.66. The molecule has 2 aromatic carbocycles. The third-order valence-corrected chi connectivity index (χ3v) is 7.53. The summed E-state index contributed by atoms with van der Waals surface area (Å²) < 4.78 is 51.0. The van der Waals surface area contributed by atoms with Gasteiger partial charge in [-0.25, -0.2) is 9.78 Å². The Morgan fingerprint density at radius 3 is 2.42 bits per heavy atom. The van der Waals surface area contributed by atoms with Gasteiger partial charge in [0.1, 0.15) is 12.7 Å². The second-order valence-electron chi connectivity index (χ2n) is 10.7. The number of nitrogens with one attached hydrogen (secondary N) is 2. The molecule has 1 aliphatic carbocycles. The van der Waals surface area contributed by atoms with Crippen molar-refractivity contribution < 1.29 is 27.4 Å². The molecule has 0 bridgehead atoms. The van der Waals surface area contributed by atoms with Gasteiger partial charge in [-0.15, -0.1) is 0 Å². The molecule has 2 aliphatic rings. The van der Waals surface area contributed by atoms with E-state index in [1.54, 1.807) is 12.1 Å². The van der Waals surface area contributed by atoms with Gasteiger partial charge in [0, 0.05) is 36.1 Å². The quantitative estimate of drug-likeness (QED) is 0.401. The first-order valence-corrected chi connectivity index (χ1v) is 12.5. The van der Waals surface area contributed by atoms with E-state index in [0.29, 0.717) is 28.6 Å². The lowest BCUT2D eigenvalue weighted by molar-refractivity contribution is -0.137. The number of ether oxygens (including phenoxy) is 2. The van der Waals surface area contributed by atoms with E-state index < -0.39 is 23.4 Å². The predicted octanol–water partition coefficient (Wildman–Crippen LogP) is 5.92. The number of hydrogen-bond acceptors (Lipinski definition) is 5. The number of piperidine rings is 1. The number of halogens is 3. The van der Waals surface area contributed by atoms with Crippen molar-refractivity contribution in [3.8, 4) is 17.1 Å². The average molecular weight is 526 g/mol. The Labute approximate surface area is 219 Å². The molecule has 1 saturated heterocycles. The van der Waals surface area contributed by atoms with Crippen LogP contribution in [0.1, 0.15) is 37.5 Å². The number of aromatic nitrogens is 1. The summed E-state index contributed by atoms with van der Waals surface area (Å²) in [7, 11) is 0. The molecule has 3 aromatic rings. The monoisotopic (exact) mass is 525 g/mol. The van der Waals surface area contributed by atoms with E-state index in [4.69, 9.17) is 9.47 Å². The zero-order chi connectivity index (χ0) is 27.1. The van der Waals surface area contributed by atoms with Crippen LogP contribution < -0.4 is 15.4 Å². The first kappa shape index (κ1) is 26.0. The van der Waals surface area contributed by atoms with Gasteiger partial charge in [0.15, 0.2) is 0 Å². The second kappa shape index (κ2) is 9.62. The molecule has 2 heterocycles. The van der Waals surface area contributed by atoms with Crippen LogP contribution in [0, 0.1) is 11.3 Å². The Balaban J connectivity index is 1.40. The van der Waals surface area contributed by atoms with Gasteiger partial charge in [-0.3, -0.25) is 0 Å². The van der Waals surface area contributed by atoms with Crippen molar-refractivity contribution in [2.45, 2.75) is 45.2 Å². The molecule has 2 fully saturated rings. The molecule has 38 heavy (non-hydrogen) atoms. The molecule has 0 spiro atoms. The van der Waals surface area contributed by atoms with Crippen LogP contribution in [0.4, 0.5) is 18.0 Å². The second-order valence-corrected chi connectivity index (χ2v) is 10.7. The molecule has 9 heteroatoms. The van der Waals surface area contributed by atoms with Crippen molar-refractivity contribution >= 4 is 6.09 Å². The molecule has 3 atom stereocenters. The highest BCUT2D eigenvalue weighted by molar-refractivity contribution is 5.69. The van der Waals surface area contributed by atoms with E-state index in [1.807, 2.05) is 44.2 Å². The number of benzene rings is 2. The number of carbonyl (C=O) groups is 1. The molecular weight excluding hydrogens is 495 g/mol. The molecule has 2 N–H and O–H groups in total. The van der Waals surface area contributed by atoms with Crippen LogP contribution in [0.2, 0.25) is 0 Å². The minimum atomic E-state index is -4.43. The smallest absolute Gasteiger partial charge is 0.416 e. The molecule has 5 rings (SSSR count). The summed E-state index contributed by atoms with van der Waals surface area (Å²) in [5, 5.41) is 6.25. The molecular formula is C29H30F3N3O3. The van der Waals surface area contributed by atoms with Crippen LogP contribution in [0.25, 0.3) is 11.3 Å². The Kier molecular flexibility index (Phi) is 6.59. The number of pyridine rings is 1. The van der Waals surface area contributed by atoms with Crippen LogP contribution in [0.3, 0.4) is 0 Å². The summed E-state index contributed by atoms with van der Waals surface area (Å²) in [5.74, 6) is 0.743. The Bertz CT molecular complexity index is 1310. The van der Waals surface area contributed by atoms with Gasteiger partial charge >= 0.3 is 12.3 Å². The molecule has 1 aromatic heterocycles. The largest absolute Gasteiger partial charge is 0.473 e.